The maximum atomic E-state index is 12.6. The molecular weight excluding hydrogens is 307 g/mol. The zero-order chi connectivity index (χ0) is 16.0. The van der Waals surface area contributed by atoms with Crippen LogP contribution in [0.25, 0.3) is 16.8 Å². The Morgan fingerprint density at radius 3 is 2.74 bits per heavy atom. The summed E-state index contributed by atoms with van der Waals surface area (Å²) in [6, 6.07) is 3.68. The summed E-state index contributed by atoms with van der Waals surface area (Å²) < 4.78 is 40.6. The zero-order valence-corrected chi connectivity index (χ0v) is 12.0. The predicted octanol–water partition coefficient (Wildman–Crippen LogP) is 2.79. The molecule has 0 aliphatic heterocycles. The Morgan fingerprint density at radius 1 is 1.13 bits per heavy atom. The summed E-state index contributed by atoms with van der Waals surface area (Å²) in [7, 11) is 0. The van der Waals surface area contributed by atoms with E-state index in [2.05, 4.69) is 15.2 Å². The van der Waals surface area contributed by atoms with Crippen molar-refractivity contribution in [1.29, 1.82) is 0 Å². The van der Waals surface area contributed by atoms with Crippen molar-refractivity contribution in [3.8, 4) is 16.8 Å². The molecule has 0 bridgehead atoms. The highest BCUT2D eigenvalue weighted by atomic mass is 19.4. The fraction of sp³-hybridized carbons (Fsp3) is 0.267. The fourth-order valence-electron chi connectivity index (χ4n) is 2.88. The van der Waals surface area contributed by atoms with Gasteiger partial charge in [0.15, 0.2) is 0 Å². The Balaban J connectivity index is 1.75. The van der Waals surface area contributed by atoms with Crippen LogP contribution in [0.1, 0.15) is 11.4 Å². The van der Waals surface area contributed by atoms with Crippen LogP contribution in [0.4, 0.5) is 13.2 Å². The molecule has 5 nitrogen and oxygen atoms in total. The lowest BCUT2D eigenvalue weighted by molar-refractivity contribution is -0.143. The number of nitrogens with zero attached hydrogens (tertiary/aromatic N) is 5. The van der Waals surface area contributed by atoms with Gasteiger partial charge in [-0.15, -0.1) is 0 Å². The minimum Gasteiger partial charge on any atom is -0.262 e. The van der Waals surface area contributed by atoms with Crippen LogP contribution in [0, 0.1) is 0 Å². The molecule has 1 aliphatic rings. The van der Waals surface area contributed by atoms with Crippen molar-refractivity contribution < 1.29 is 13.2 Å². The van der Waals surface area contributed by atoms with Crippen molar-refractivity contribution in [1.82, 2.24) is 24.5 Å². The smallest absolute Gasteiger partial charge is 0.262 e. The van der Waals surface area contributed by atoms with E-state index in [1.165, 1.54) is 6.20 Å². The number of pyridine rings is 1. The summed E-state index contributed by atoms with van der Waals surface area (Å²) in [5.74, 6) is 0. The molecule has 3 aromatic heterocycles. The third kappa shape index (κ3) is 2.49. The van der Waals surface area contributed by atoms with Crippen LogP contribution >= 0.6 is 0 Å². The molecule has 0 unspecified atom stereocenters. The summed E-state index contributed by atoms with van der Waals surface area (Å²) in [5.41, 5.74) is 3.86. The normalized spacial score (nSPS) is 13.7. The monoisotopic (exact) mass is 319 g/mol. The van der Waals surface area contributed by atoms with E-state index in [-0.39, 0.29) is 0 Å². The van der Waals surface area contributed by atoms with Gasteiger partial charge in [0.05, 0.1) is 23.8 Å². The minimum atomic E-state index is -4.28. The maximum absolute atomic E-state index is 12.6. The number of hydrogen-bond donors (Lipinski definition) is 0. The van der Waals surface area contributed by atoms with Gasteiger partial charge in [0.1, 0.15) is 6.54 Å². The summed E-state index contributed by atoms with van der Waals surface area (Å²) in [6.45, 7) is -1.06. The molecule has 1 aliphatic carbocycles. The van der Waals surface area contributed by atoms with Crippen molar-refractivity contribution in [3.63, 3.8) is 0 Å². The molecule has 4 rings (SSSR count). The van der Waals surface area contributed by atoms with Gasteiger partial charge in [-0.05, 0) is 25.0 Å². The quantitative estimate of drug-likeness (QED) is 0.730. The number of fused-ring (bicyclic) bond motifs is 3. The van der Waals surface area contributed by atoms with E-state index in [9.17, 15) is 13.2 Å². The first-order chi connectivity index (χ1) is 11.0. The topological polar surface area (TPSA) is 48.5 Å². The molecule has 0 saturated carbocycles. The lowest BCUT2D eigenvalue weighted by Gasteiger charge is -2.14. The Morgan fingerprint density at radius 2 is 2.00 bits per heavy atom. The first-order valence-electron chi connectivity index (χ1n) is 7.12. The minimum absolute atomic E-state index is 0.502. The van der Waals surface area contributed by atoms with E-state index >= 15 is 0 Å². The van der Waals surface area contributed by atoms with E-state index in [0.717, 1.165) is 27.2 Å². The highest BCUT2D eigenvalue weighted by molar-refractivity contribution is 5.70. The van der Waals surface area contributed by atoms with E-state index in [4.69, 9.17) is 0 Å². The van der Waals surface area contributed by atoms with Crippen molar-refractivity contribution in [2.24, 2.45) is 0 Å². The highest BCUT2D eigenvalue weighted by Gasteiger charge is 2.32. The zero-order valence-electron chi connectivity index (χ0n) is 12.0. The van der Waals surface area contributed by atoms with Gasteiger partial charge < -0.3 is 0 Å². The molecule has 0 radical (unpaired) electrons. The van der Waals surface area contributed by atoms with Gasteiger partial charge >= 0.3 is 6.18 Å². The van der Waals surface area contributed by atoms with Gasteiger partial charge in [-0.25, -0.2) is 4.68 Å². The van der Waals surface area contributed by atoms with Gasteiger partial charge in [0.25, 0.3) is 0 Å². The lowest BCUT2D eigenvalue weighted by atomic mass is 9.96. The number of aromatic nitrogens is 5. The van der Waals surface area contributed by atoms with Crippen molar-refractivity contribution in [2.45, 2.75) is 25.6 Å². The molecular formula is C15H12F3N5. The average molecular weight is 319 g/mol. The van der Waals surface area contributed by atoms with E-state index in [0.29, 0.717) is 18.5 Å². The van der Waals surface area contributed by atoms with Crippen LogP contribution in [0.5, 0.6) is 0 Å². The lowest BCUT2D eigenvalue weighted by Crippen LogP contribution is -2.21. The summed E-state index contributed by atoms with van der Waals surface area (Å²) in [5, 5.41) is 8.43. The van der Waals surface area contributed by atoms with Gasteiger partial charge in [-0.1, -0.05) is 0 Å². The summed E-state index contributed by atoms with van der Waals surface area (Å²) in [4.78, 5) is 4.05. The van der Waals surface area contributed by atoms with Crippen LogP contribution in [0.2, 0.25) is 0 Å². The van der Waals surface area contributed by atoms with Crippen LogP contribution in [-0.2, 0) is 19.4 Å². The molecule has 0 amide bonds. The van der Waals surface area contributed by atoms with Crippen LogP contribution in [0.3, 0.4) is 0 Å². The van der Waals surface area contributed by atoms with Gasteiger partial charge in [0.2, 0.25) is 0 Å². The molecule has 23 heavy (non-hydrogen) atoms. The Bertz CT molecular complexity index is 848. The molecule has 3 heterocycles. The van der Waals surface area contributed by atoms with E-state index in [1.54, 1.807) is 17.1 Å². The third-order valence-corrected chi connectivity index (χ3v) is 3.87. The SMILES string of the molecule is FC(F)(F)Cn1ncc2c1CCc1nn(-c3cccnc3)cc1-2. The number of aryl methyl sites for hydroxylation is 1. The number of alkyl halides is 3. The van der Waals surface area contributed by atoms with Crippen molar-refractivity contribution in [3.05, 3.63) is 48.3 Å². The molecule has 0 atom stereocenters. The first kappa shape index (κ1) is 14.0. The van der Waals surface area contributed by atoms with E-state index in [1.807, 2.05) is 18.3 Å². The number of halogens is 3. The number of hydrogen-bond acceptors (Lipinski definition) is 3. The van der Waals surface area contributed by atoms with Crippen LogP contribution < -0.4 is 0 Å². The Kier molecular flexibility index (Phi) is 3.00. The fourth-order valence-corrected chi connectivity index (χ4v) is 2.88. The van der Waals surface area contributed by atoms with Gasteiger partial charge in [-0.2, -0.15) is 23.4 Å². The van der Waals surface area contributed by atoms with Gasteiger partial charge in [0, 0.05) is 29.2 Å². The van der Waals surface area contributed by atoms with E-state index < -0.39 is 12.7 Å². The molecule has 0 saturated heterocycles. The molecule has 118 valence electrons. The van der Waals surface area contributed by atoms with Crippen molar-refractivity contribution in [2.75, 3.05) is 0 Å². The third-order valence-electron chi connectivity index (χ3n) is 3.87. The van der Waals surface area contributed by atoms with Crippen LogP contribution in [0.15, 0.2) is 36.9 Å². The van der Waals surface area contributed by atoms with Crippen LogP contribution in [-0.4, -0.2) is 30.7 Å². The largest absolute Gasteiger partial charge is 0.408 e. The second kappa shape index (κ2) is 4.94. The molecule has 0 fully saturated rings. The maximum Gasteiger partial charge on any atom is 0.408 e. The summed E-state index contributed by atoms with van der Waals surface area (Å²) >= 11 is 0. The average Bonchev–Trinajstić information content (AvgIpc) is 3.10. The molecule has 0 aromatic carbocycles. The predicted molar refractivity (Wildman–Crippen MR) is 76.0 cm³/mol. The second-order valence-corrected chi connectivity index (χ2v) is 5.42. The molecule has 3 aromatic rings. The Labute approximate surface area is 129 Å². The molecule has 0 spiro atoms. The van der Waals surface area contributed by atoms with Gasteiger partial charge in [-0.3, -0.25) is 9.67 Å². The second-order valence-electron chi connectivity index (χ2n) is 5.42. The molecule has 0 N–H and O–H groups in total. The molecule has 8 heteroatoms. The number of rotatable bonds is 2. The standard InChI is InChI=1S/C15H12F3N5/c16-15(17,18)9-23-14-4-3-13-12(11(14)7-20-23)8-22(21-13)10-2-1-5-19-6-10/h1-2,5-8H,3-4,9H2. The van der Waals surface area contributed by atoms with Crippen molar-refractivity contribution >= 4 is 0 Å². The highest BCUT2D eigenvalue weighted by Crippen LogP contribution is 2.34. The first-order valence-corrected chi connectivity index (χ1v) is 7.12. The summed E-state index contributed by atoms with van der Waals surface area (Å²) in [6.07, 6.45) is 3.50. The Hall–Kier alpha value is -2.64.